The fourth-order valence-electron chi connectivity index (χ4n) is 3.30. The predicted molar refractivity (Wildman–Crippen MR) is 128 cm³/mol. The summed E-state index contributed by atoms with van der Waals surface area (Å²) < 4.78 is 27.5. The second-order valence-corrected chi connectivity index (χ2v) is 9.62. The molecule has 4 aromatic rings. The number of carbonyl (C=O) groups excluding carboxylic acids is 1. The number of H-pyrrole nitrogens is 1. The summed E-state index contributed by atoms with van der Waals surface area (Å²) in [5.41, 5.74) is 2.95. The topological polar surface area (TPSA) is 91.1 Å². The quantitative estimate of drug-likeness (QED) is 0.332. The molecular weight excluding hydrogens is 469 g/mol. The SMILES string of the molecule is O=C(NCCc1c[nH]c2ccccc12)c1ccc(NS(=O)(=O)c2ccc(Cl)c(Cl)c2)cc1. The third-order valence-corrected chi connectivity index (χ3v) is 7.07. The van der Waals surface area contributed by atoms with Crippen LogP contribution in [0.4, 0.5) is 5.69 Å². The van der Waals surface area contributed by atoms with E-state index in [1.807, 2.05) is 30.5 Å². The van der Waals surface area contributed by atoms with Gasteiger partial charge in [0.1, 0.15) is 0 Å². The van der Waals surface area contributed by atoms with Crippen molar-refractivity contribution in [2.24, 2.45) is 0 Å². The van der Waals surface area contributed by atoms with Gasteiger partial charge in [-0.15, -0.1) is 0 Å². The molecule has 0 aliphatic rings. The molecule has 0 saturated heterocycles. The molecule has 0 atom stereocenters. The van der Waals surface area contributed by atoms with Crippen molar-refractivity contribution in [3.63, 3.8) is 0 Å². The Morgan fingerprint density at radius 2 is 1.69 bits per heavy atom. The minimum atomic E-state index is -3.84. The molecule has 1 amide bonds. The lowest BCUT2D eigenvalue weighted by atomic mass is 10.1. The molecule has 1 heterocycles. The second-order valence-electron chi connectivity index (χ2n) is 7.12. The fourth-order valence-corrected chi connectivity index (χ4v) is 4.75. The molecular formula is C23H19Cl2N3O3S. The van der Waals surface area contributed by atoms with E-state index in [1.54, 1.807) is 12.1 Å². The summed E-state index contributed by atoms with van der Waals surface area (Å²) in [6.45, 7) is 0.479. The molecule has 164 valence electrons. The van der Waals surface area contributed by atoms with Gasteiger partial charge >= 0.3 is 0 Å². The second kappa shape index (κ2) is 9.24. The van der Waals surface area contributed by atoms with Crippen LogP contribution in [-0.2, 0) is 16.4 Å². The van der Waals surface area contributed by atoms with Crippen LogP contribution >= 0.6 is 23.2 Å². The van der Waals surface area contributed by atoms with Gasteiger partial charge in [-0.25, -0.2) is 8.42 Å². The first-order valence-electron chi connectivity index (χ1n) is 9.74. The Bertz CT molecular complexity index is 1380. The maximum atomic E-state index is 12.5. The monoisotopic (exact) mass is 487 g/mol. The summed E-state index contributed by atoms with van der Waals surface area (Å²) in [4.78, 5) is 15.6. The Kier molecular flexibility index (Phi) is 6.41. The number of hydrogen-bond acceptors (Lipinski definition) is 3. The number of aromatic nitrogens is 1. The van der Waals surface area contributed by atoms with E-state index in [4.69, 9.17) is 23.2 Å². The summed E-state index contributed by atoms with van der Waals surface area (Å²) in [5.74, 6) is -0.233. The predicted octanol–water partition coefficient (Wildman–Crippen LogP) is 5.25. The lowest BCUT2D eigenvalue weighted by molar-refractivity contribution is 0.0954. The third-order valence-electron chi connectivity index (χ3n) is 4.96. The van der Waals surface area contributed by atoms with E-state index in [0.717, 1.165) is 16.5 Å². The molecule has 4 rings (SSSR count). The summed E-state index contributed by atoms with van der Waals surface area (Å²) in [7, 11) is -3.84. The fraction of sp³-hybridized carbons (Fsp3) is 0.0870. The number of amides is 1. The zero-order valence-corrected chi connectivity index (χ0v) is 19.1. The number of nitrogens with one attached hydrogen (secondary N) is 3. The molecule has 3 N–H and O–H groups in total. The van der Waals surface area contributed by atoms with Crippen molar-refractivity contribution in [2.45, 2.75) is 11.3 Å². The van der Waals surface area contributed by atoms with Gasteiger partial charge in [0, 0.05) is 34.9 Å². The van der Waals surface area contributed by atoms with E-state index in [9.17, 15) is 13.2 Å². The Hall–Kier alpha value is -3.00. The molecule has 0 spiro atoms. The number of para-hydroxylation sites is 1. The van der Waals surface area contributed by atoms with Crippen LogP contribution in [0.1, 0.15) is 15.9 Å². The Morgan fingerprint density at radius 3 is 2.44 bits per heavy atom. The first-order chi connectivity index (χ1) is 15.3. The first kappa shape index (κ1) is 22.2. The zero-order chi connectivity index (χ0) is 22.7. The van der Waals surface area contributed by atoms with Gasteiger partial charge in [0.2, 0.25) is 0 Å². The van der Waals surface area contributed by atoms with Crippen LogP contribution in [0.25, 0.3) is 10.9 Å². The normalized spacial score (nSPS) is 11.4. The molecule has 32 heavy (non-hydrogen) atoms. The van der Waals surface area contributed by atoms with E-state index < -0.39 is 10.0 Å². The summed E-state index contributed by atoms with van der Waals surface area (Å²) in [5, 5.41) is 4.44. The number of anilines is 1. The molecule has 0 bridgehead atoms. The van der Waals surface area contributed by atoms with Gasteiger partial charge in [-0.2, -0.15) is 0 Å². The lowest BCUT2D eigenvalue weighted by Crippen LogP contribution is -2.25. The van der Waals surface area contributed by atoms with Crippen molar-refractivity contribution in [3.8, 4) is 0 Å². The van der Waals surface area contributed by atoms with Crippen molar-refractivity contribution < 1.29 is 13.2 Å². The summed E-state index contributed by atoms with van der Waals surface area (Å²) in [6, 6.07) is 18.3. The smallest absolute Gasteiger partial charge is 0.261 e. The molecule has 3 aromatic carbocycles. The van der Waals surface area contributed by atoms with Crippen molar-refractivity contribution in [2.75, 3.05) is 11.3 Å². The molecule has 0 aliphatic carbocycles. The highest BCUT2D eigenvalue weighted by atomic mass is 35.5. The van der Waals surface area contributed by atoms with Gasteiger partial charge in [0.05, 0.1) is 14.9 Å². The largest absolute Gasteiger partial charge is 0.361 e. The van der Waals surface area contributed by atoms with Crippen LogP contribution in [0.15, 0.2) is 77.8 Å². The van der Waals surface area contributed by atoms with Crippen LogP contribution in [0.2, 0.25) is 10.0 Å². The van der Waals surface area contributed by atoms with E-state index in [-0.39, 0.29) is 20.8 Å². The Labute approximate surface area is 195 Å². The van der Waals surface area contributed by atoms with Gasteiger partial charge in [0.15, 0.2) is 0 Å². The highest BCUT2D eigenvalue weighted by Gasteiger charge is 2.16. The molecule has 1 aromatic heterocycles. The lowest BCUT2D eigenvalue weighted by Gasteiger charge is -2.10. The molecule has 0 saturated carbocycles. The number of fused-ring (bicyclic) bond motifs is 1. The maximum absolute atomic E-state index is 12.5. The molecule has 0 unspecified atom stereocenters. The number of rotatable bonds is 7. The van der Waals surface area contributed by atoms with Gasteiger partial charge in [-0.3, -0.25) is 9.52 Å². The van der Waals surface area contributed by atoms with Gasteiger partial charge in [-0.05, 0) is 60.5 Å². The van der Waals surface area contributed by atoms with Crippen LogP contribution < -0.4 is 10.0 Å². The molecule has 9 heteroatoms. The van der Waals surface area contributed by atoms with E-state index in [1.165, 1.54) is 30.3 Å². The Balaban J connectivity index is 1.36. The first-order valence-corrected chi connectivity index (χ1v) is 12.0. The van der Waals surface area contributed by atoms with E-state index in [0.29, 0.717) is 24.2 Å². The maximum Gasteiger partial charge on any atom is 0.261 e. The highest BCUT2D eigenvalue weighted by Crippen LogP contribution is 2.26. The number of hydrogen-bond donors (Lipinski definition) is 3. The number of aromatic amines is 1. The molecule has 0 aliphatic heterocycles. The average Bonchev–Trinajstić information content (AvgIpc) is 3.19. The van der Waals surface area contributed by atoms with Crippen LogP contribution in [-0.4, -0.2) is 25.9 Å². The number of carbonyl (C=O) groups is 1. The van der Waals surface area contributed by atoms with Crippen molar-refractivity contribution in [3.05, 3.63) is 94.1 Å². The zero-order valence-electron chi connectivity index (χ0n) is 16.7. The van der Waals surface area contributed by atoms with E-state index >= 15 is 0 Å². The summed E-state index contributed by atoms with van der Waals surface area (Å²) >= 11 is 11.8. The van der Waals surface area contributed by atoms with Gasteiger partial charge < -0.3 is 10.3 Å². The van der Waals surface area contributed by atoms with Crippen LogP contribution in [0.5, 0.6) is 0 Å². The van der Waals surface area contributed by atoms with Crippen LogP contribution in [0, 0.1) is 0 Å². The average molecular weight is 488 g/mol. The number of sulfonamides is 1. The van der Waals surface area contributed by atoms with Gasteiger partial charge in [-0.1, -0.05) is 41.4 Å². The number of halogens is 2. The molecule has 0 fully saturated rings. The highest BCUT2D eigenvalue weighted by molar-refractivity contribution is 7.92. The third kappa shape index (κ3) is 4.91. The molecule has 6 nitrogen and oxygen atoms in total. The minimum Gasteiger partial charge on any atom is -0.361 e. The molecule has 0 radical (unpaired) electrons. The summed E-state index contributed by atoms with van der Waals surface area (Å²) in [6.07, 6.45) is 2.64. The van der Waals surface area contributed by atoms with E-state index in [2.05, 4.69) is 15.0 Å². The minimum absolute atomic E-state index is 0.00833. The van der Waals surface area contributed by atoms with Crippen molar-refractivity contribution in [1.29, 1.82) is 0 Å². The Morgan fingerprint density at radius 1 is 0.938 bits per heavy atom. The van der Waals surface area contributed by atoms with Gasteiger partial charge in [0.25, 0.3) is 15.9 Å². The van der Waals surface area contributed by atoms with Crippen molar-refractivity contribution >= 4 is 55.7 Å². The number of benzene rings is 3. The van der Waals surface area contributed by atoms with Crippen molar-refractivity contribution in [1.82, 2.24) is 10.3 Å². The van der Waals surface area contributed by atoms with Crippen LogP contribution in [0.3, 0.4) is 0 Å². The standard InChI is InChI=1S/C23H19Cl2N3O3S/c24-20-10-9-18(13-21(20)25)32(30,31)28-17-7-5-15(6-8-17)23(29)26-12-11-16-14-27-22-4-2-1-3-19(16)22/h1-10,13-14,27-28H,11-12H2,(H,26,29).